The van der Waals surface area contributed by atoms with Crippen molar-refractivity contribution in [2.45, 2.75) is 4.95 Å². The van der Waals surface area contributed by atoms with Crippen LogP contribution in [0.5, 0.6) is 5.75 Å². The van der Waals surface area contributed by atoms with Crippen molar-refractivity contribution in [1.29, 1.82) is 0 Å². The molecule has 1 atom stereocenters. The number of ether oxygens (including phenoxy) is 1. The predicted octanol–water partition coefficient (Wildman–Crippen LogP) is 4.17. The van der Waals surface area contributed by atoms with Crippen LogP contribution in [0.4, 0.5) is 5.69 Å². The number of hydrogen-bond donors (Lipinski definition) is 1. The molecule has 0 saturated heterocycles. The van der Waals surface area contributed by atoms with Gasteiger partial charge in [-0.25, -0.2) is 0 Å². The molecule has 0 saturated carbocycles. The molecule has 0 aliphatic heterocycles. The molecule has 0 aliphatic carbocycles. The number of nitrogens with one attached hydrogen (secondary N) is 1. The van der Waals surface area contributed by atoms with Crippen LogP contribution in [0.2, 0.25) is 0 Å². The first-order chi connectivity index (χ1) is 8.24. The highest BCUT2D eigenvalue weighted by Gasteiger charge is 2.06. The lowest BCUT2D eigenvalue weighted by Gasteiger charge is -2.14. The first-order valence-corrected chi connectivity index (χ1v) is 6.26. The molecule has 1 N–H and O–H groups in total. The lowest BCUT2D eigenvalue weighted by molar-refractivity contribution is 0.415. The Hall–Kier alpha value is -1.48. The van der Waals surface area contributed by atoms with Crippen LogP contribution >= 0.6 is 15.9 Å². The maximum atomic E-state index is 5.30. The smallest absolute Gasteiger partial charge is 0.121 e. The highest BCUT2D eigenvalue weighted by atomic mass is 79.9. The largest absolute Gasteiger partial charge is 0.497 e. The van der Waals surface area contributed by atoms with Crippen LogP contribution in [0.1, 0.15) is 0 Å². The summed E-state index contributed by atoms with van der Waals surface area (Å²) in [5.74, 6) is 0.843. The Morgan fingerprint density at radius 1 is 1.35 bits per heavy atom. The van der Waals surface area contributed by atoms with E-state index < -0.39 is 0 Å². The van der Waals surface area contributed by atoms with E-state index in [0.29, 0.717) is 0 Å². The molecule has 0 fully saturated rings. The van der Waals surface area contributed by atoms with Gasteiger partial charge in [0.25, 0.3) is 0 Å². The molecule has 0 heterocycles. The zero-order chi connectivity index (χ0) is 12.3. The van der Waals surface area contributed by atoms with Crippen molar-refractivity contribution in [2.75, 3.05) is 12.4 Å². The Morgan fingerprint density at radius 2 is 2.12 bits per heavy atom. The normalized spacial score (nSPS) is 12.1. The monoisotopic (exact) mass is 291 g/mol. The van der Waals surface area contributed by atoms with E-state index in [0.717, 1.165) is 16.8 Å². The Balaban J connectivity index is 2.54. The van der Waals surface area contributed by atoms with Crippen LogP contribution in [0, 0.1) is 0 Å². The SMILES string of the molecule is C=CC(Br)Nc1cc(OC)cc2ccccc12. The number of alkyl halides is 1. The van der Waals surface area contributed by atoms with Crippen LogP contribution in [-0.4, -0.2) is 12.1 Å². The molecule has 0 radical (unpaired) electrons. The van der Waals surface area contributed by atoms with E-state index in [-0.39, 0.29) is 4.95 Å². The zero-order valence-electron chi connectivity index (χ0n) is 9.61. The molecular weight excluding hydrogens is 278 g/mol. The summed E-state index contributed by atoms with van der Waals surface area (Å²) in [5.41, 5.74) is 1.03. The van der Waals surface area contributed by atoms with Gasteiger partial charge in [0.2, 0.25) is 0 Å². The molecule has 2 nitrogen and oxygen atoms in total. The van der Waals surface area contributed by atoms with Gasteiger partial charge in [-0.2, -0.15) is 0 Å². The van der Waals surface area contributed by atoms with Gasteiger partial charge in [0, 0.05) is 17.1 Å². The minimum absolute atomic E-state index is 0.0398. The Bertz CT molecular complexity index is 539. The van der Waals surface area contributed by atoms with Crippen molar-refractivity contribution < 1.29 is 4.74 Å². The molecule has 1 unspecified atom stereocenters. The van der Waals surface area contributed by atoms with E-state index in [4.69, 9.17) is 4.74 Å². The van der Waals surface area contributed by atoms with E-state index in [1.54, 1.807) is 13.2 Å². The maximum absolute atomic E-state index is 5.30. The van der Waals surface area contributed by atoms with E-state index in [9.17, 15) is 0 Å². The first-order valence-electron chi connectivity index (χ1n) is 5.34. The molecule has 0 aliphatic rings. The molecule has 2 aromatic rings. The Labute approximate surface area is 109 Å². The third-order valence-corrected chi connectivity index (χ3v) is 3.17. The quantitative estimate of drug-likeness (QED) is 0.519. The van der Waals surface area contributed by atoms with Gasteiger partial charge < -0.3 is 10.1 Å². The highest BCUT2D eigenvalue weighted by Crippen LogP contribution is 2.30. The predicted molar refractivity (Wildman–Crippen MR) is 77.0 cm³/mol. The van der Waals surface area contributed by atoms with Crippen molar-refractivity contribution in [3.63, 3.8) is 0 Å². The number of rotatable bonds is 4. The summed E-state index contributed by atoms with van der Waals surface area (Å²) >= 11 is 3.48. The molecule has 2 aromatic carbocycles. The van der Waals surface area contributed by atoms with Crippen LogP contribution in [0.25, 0.3) is 10.8 Å². The van der Waals surface area contributed by atoms with Crippen LogP contribution in [-0.2, 0) is 0 Å². The molecule has 0 bridgehead atoms. The van der Waals surface area contributed by atoms with Gasteiger partial charge in [-0.1, -0.05) is 46.3 Å². The second kappa shape index (κ2) is 5.23. The number of benzene rings is 2. The van der Waals surface area contributed by atoms with Gasteiger partial charge in [0.05, 0.1) is 7.11 Å². The fourth-order valence-corrected chi connectivity index (χ4v) is 1.97. The highest BCUT2D eigenvalue weighted by molar-refractivity contribution is 9.09. The van der Waals surface area contributed by atoms with Gasteiger partial charge in [-0.15, -0.1) is 6.58 Å². The van der Waals surface area contributed by atoms with Gasteiger partial charge in [0.1, 0.15) is 10.7 Å². The van der Waals surface area contributed by atoms with E-state index in [1.807, 2.05) is 24.3 Å². The van der Waals surface area contributed by atoms with Crippen molar-refractivity contribution in [2.24, 2.45) is 0 Å². The third kappa shape index (κ3) is 2.61. The standard InChI is InChI=1S/C14H14BrNO/c1-3-14(15)16-13-9-11(17-2)8-10-6-4-5-7-12(10)13/h3-9,14,16H,1H2,2H3. The molecule has 2 rings (SSSR count). The summed E-state index contributed by atoms with van der Waals surface area (Å²) in [4.78, 5) is 0.0398. The van der Waals surface area contributed by atoms with E-state index >= 15 is 0 Å². The minimum atomic E-state index is 0.0398. The summed E-state index contributed by atoms with van der Waals surface area (Å²) in [6.07, 6.45) is 1.80. The van der Waals surface area contributed by atoms with Crippen LogP contribution in [0.15, 0.2) is 49.1 Å². The third-order valence-electron chi connectivity index (χ3n) is 2.57. The number of methoxy groups -OCH3 is 1. The lowest BCUT2D eigenvalue weighted by atomic mass is 10.1. The van der Waals surface area contributed by atoms with Gasteiger partial charge >= 0.3 is 0 Å². The van der Waals surface area contributed by atoms with Gasteiger partial charge in [-0.05, 0) is 11.5 Å². The lowest BCUT2D eigenvalue weighted by Crippen LogP contribution is -2.08. The molecule has 88 valence electrons. The average molecular weight is 292 g/mol. The fraction of sp³-hybridized carbons (Fsp3) is 0.143. The summed E-state index contributed by atoms with van der Waals surface area (Å²) < 4.78 is 5.30. The van der Waals surface area contributed by atoms with Crippen molar-refractivity contribution >= 4 is 32.4 Å². The number of hydrogen-bond acceptors (Lipinski definition) is 2. The number of anilines is 1. The fourth-order valence-electron chi connectivity index (χ4n) is 1.73. The minimum Gasteiger partial charge on any atom is -0.497 e. The Kier molecular flexibility index (Phi) is 3.69. The molecule has 0 amide bonds. The van der Waals surface area contributed by atoms with Crippen LogP contribution < -0.4 is 10.1 Å². The van der Waals surface area contributed by atoms with Crippen molar-refractivity contribution in [3.05, 3.63) is 49.1 Å². The molecule has 0 spiro atoms. The van der Waals surface area contributed by atoms with Crippen LogP contribution in [0.3, 0.4) is 0 Å². The number of fused-ring (bicyclic) bond motifs is 1. The zero-order valence-corrected chi connectivity index (χ0v) is 11.2. The maximum Gasteiger partial charge on any atom is 0.121 e. The molecule has 3 heteroatoms. The van der Waals surface area contributed by atoms with Crippen molar-refractivity contribution in [1.82, 2.24) is 0 Å². The summed E-state index contributed by atoms with van der Waals surface area (Å²) in [6.45, 7) is 3.74. The summed E-state index contributed by atoms with van der Waals surface area (Å²) in [5, 5.41) is 5.65. The second-order valence-corrected chi connectivity index (χ2v) is 4.66. The molecule has 17 heavy (non-hydrogen) atoms. The first kappa shape index (κ1) is 12.0. The molecular formula is C14H14BrNO. The Morgan fingerprint density at radius 3 is 2.82 bits per heavy atom. The van der Waals surface area contributed by atoms with Gasteiger partial charge in [0.15, 0.2) is 0 Å². The summed E-state index contributed by atoms with van der Waals surface area (Å²) in [7, 11) is 1.67. The number of halogens is 1. The van der Waals surface area contributed by atoms with Crippen molar-refractivity contribution in [3.8, 4) is 5.75 Å². The average Bonchev–Trinajstić information content (AvgIpc) is 2.38. The van der Waals surface area contributed by atoms with E-state index in [1.165, 1.54) is 5.39 Å². The van der Waals surface area contributed by atoms with E-state index in [2.05, 4.69) is 40.0 Å². The second-order valence-electron chi connectivity index (χ2n) is 3.68. The molecule has 0 aromatic heterocycles. The summed E-state index contributed by atoms with van der Waals surface area (Å²) in [6, 6.07) is 12.2. The topological polar surface area (TPSA) is 21.3 Å². The van der Waals surface area contributed by atoms with Gasteiger partial charge in [-0.3, -0.25) is 0 Å².